The number of hydrogen-bond donors (Lipinski definition) is 2. The van der Waals surface area contributed by atoms with Crippen molar-refractivity contribution in [1.82, 2.24) is 5.32 Å². The molecule has 0 heterocycles. The lowest BCUT2D eigenvalue weighted by Crippen LogP contribution is -2.51. The molecule has 0 aromatic rings. The number of hydrogen-bond acceptors (Lipinski definition) is 3. The molecule has 0 spiro atoms. The van der Waals surface area contributed by atoms with E-state index < -0.39 is 0 Å². The average Bonchev–Trinajstić information content (AvgIpc) is 2.31. The zero-order valence-corrected chi connectivity index (χ0v) is 13.8. The van der Waals surface area contributed by atoms with Gasteiger partial charge in [-0.3, -0.25) is 0 Å². The second-order valence-electron chi connectivity index (χ2n) is 5.99. The van der Waals surface area contributed by atoms with Gasteiger partial charge in [0.1, 0.15) is 0 Å². The molecule has 0 aliphatic heterocycles. The summed E-state index contributed by atoms with van der Waals surface area (Å²) in [4.78, 5) is 0. The first-order chi connectivity index (χ1) is 8.45. The second-order valence-corrected chi connectivity index (χ2v) is 7.21. The SMILES string of the molecule is CCC(CO)(CCCSCCC(C)C)NC(C)C. The normalized spacial score (nSPS) is 15.3. The number of rotatable bonds is 11. The van der Waals surface area contributed by atoms with Gasteiger partial charge in [0.05, 0.1) is 6.61 Å². The molecule has 3 heteroatoms. The Morgan fingerprint density at radius 1 is 1.17 bits per heavy atom. The summed E-state index contributed by atoms with van der Waals surface area (Å²) in [6, 6.07) is 0.436. The Morgan fingerprint density at radius 2 is 1.83 bits per heavy atom. The number of thioether (sulfide) groups is 1. The van der Waals surface area contributed by atoms with Gasteiger partial charge in [0.25, 0.3) is 0 Å². The van der Waals surface area contributed by atoms with E-state index in [1.807, 2.05) is 0 Å². The number of aliphatic hydroxyl groups is 1. The molecule has 0 fully saturated rings. The van der Waals surface area contributed by atoms with Gasteiger partial charge in [-0.25, -0.2) is 0 Å². The molecule has 0 aromatic heterocycles. The number of aliphatic hydroxyl groups excluding tert-OH is 1. The maximum absolute atomic E-state index is 9.63. The molecule has 0 aliphatic carbocycles. The largest absolute Gasteiger partial charge is 0.394 e. The summed E-state index contributed by atoms with van der Waals surface area (Å²) in [5.74, 6) is 3.30. The molecule has 0 bridgehead atoms. The smallest absolute Gasteiger partial charge is 0.0613 e. The van der Waals surface area contributed by atoms with E-state index in [4.69, 9.17) is 0 Å². The van der Waals surface area contributed by atoms with Crippen molar-refractivity contribution >= 4 is 11.8 Å². The standard InChI is InChI=1S/C15H33NOS/c1-6-15(12-17,16-14(4)5)9-7-10-18-11-8-13(2)3/h13-14,16-17H,6-12H2,1-5H3. The zero-order chi connectivity index (χ0) is 14.0. The van der Waals surface area contributed by atoms with E-state index >= 15 is 0 Å². The van der Waals surface area contributed by atoms with E-state index in [9.17, 15) is 5.11 Å². The van der Waals surface area contributed by atoms with Gasteiger partial charge in [0.2, 0.25) is 0 Å². The molecule has 2 N–H and O–H groups in total. The fraction of sp³-hybridized carbons (Fsp3) is 1.00. The maximum atomic E-state index is 9.63. The van der Waals surface area contributed by atoms with E-state index in [1.54, 1.807) is 0 Å². The van der Waals surface area contributed by atoms with Gasteiger partial charge in [0, 0.05) is 11.6 Å². The Bertz CT molecular complexity index is 191. The maximum Gasteiger partial charge on any atom is 0.0613 e. The molecule has 1 unspecified atom stereocenters. The quantitative estimate of drug-likeness (QED) is 0.564. The van der Waals surface area contributed by atoms with Crippen LogP contribution in [-0.2, 0) is 0 Å². The summed E-state index contributed by atoms with van der Waals surface area (Å²) >= 11 is 2.05. The number of nitrogens with one attached hydrogen (secondary N) is 1. The van der Waals surface area contributed by atoms with Crippen molar-refractivity contribution in [3.05, 3.63) is 0 Å². The molecule has 2 nitrogen and oxygen atoms in total. The first-order valence-electron chi connectivity index (χ1n) is 7.42. The Balaban J connectivity index is 3.83. The van der Waals surface area contributed by atoms with E-state index in [2.05, 4.69) is 51.7 Å². The minimum Gasteiger partial charge on any atom is -0.394 e. The third kappa shape index (κ3) is 8.39. The minimum atomic E-state index is -0.0627. The summed E-state index contributed by atoms with van der Waals surface area (Å²) in [5, 5.41) is 13.2. The van der Waals surface area contributed by atoms with Crippen LogP contribution in [0.1, 0.15) is 60.3 Å². The topological polar surface area (TPSA) is 32.3 Å². The molecule has 0 rings (SSSR count). The Hall–Kier alpha value is 0.270. The third-order valence-corrected chi connectivity index (χ3v) is 4.46. The van der Waals surface area contributed by atoms with Crippen LogP contribution >= 0.6 is 11.8 Å². The second kappa shape index (κ2) is 10.1. The molecule has 0 radical (unpaired) electrons. The lowest BCUT2D eigenvalue weighted by molar-refractivity contribution is 0.137. The van der Waals surface area contributed by atoms with Gasteiger partial charge in [-0.2, -0.15) is 11.8 Å². The highest BCUT2D eigenvalue weighted by Gasteiger charge is 2.26. The summed E-state index contributed by atoms with van der Waals surface area (Å²) < 4.78 is 0. The fourth-order valence-electron chi connectivity index (χ4n) is 2.13. The van der Waals surface area contributed by atoms with Crippen molar-refractivity contribution in [3.63, 3.8) is 0 Å². The van der Waals surface area contributed by atoms with Crippen molar-refractivity contribution in [2.75, 3.05) is 18.1 Å². The summed E-state index contributed by atoms with van der Waals surface area (Å²) in [7, 11) is 0. The van der Waals surface area contributed by atoms with Gasteiger partial charge >= 0.3 is 0 Å². The highest BCUT2D eigenvalue weighted by molar-refractivity contribution is 7.99. The molecule has 110 valence electrons. The summed E-state index contributed by atoms with van der Waals surface area (Å²) in [6.07, 6.45) is 4.58. The average molecular weight is 276 g/mol. The first-order valence-corrected chi connectivity index (χ1v) is 8.57. The van der Waals surface area contributed by atoms with Gasteiger partial charge < -0.3 is 10.4 Å². The monoisotopic (exact) mass is 275 g/mol. The van der Waals surface area contributed by atoms with E-state index in [0.29, 0.717) is 6.04 Å². The summed E-state index contributed by atoms with van der Waals surface area (Å²) in [5.41, 5.74) is -0.0627. The first kappa shape index (κ1) is 18.3. The summed E-state index contributed by atoms with van der Waals surface area (Å²) in [6.45, 7) is 11.3. The van der Waals surface area contributed by atoms with Crippen molar-refractivity contribution in [1.29, 1.82) is 0 Å². The van der Waals surface area contributed by atoms with Crippen molar-refractivity contribution in [2.45, 2.75) is 71.9 Å². The molecule has 0 aliphatic rings. The molecule has 0 saturated heterocycles. The van der Waals surface area contributed by atoms with Crippen LogP contribution in [0.3, 0.4) is 0 Å². The van der Waals surface area contributed by atoms with E-state index in [1.165, 1.54) is 24.3 Å². The van der Waals surface area contributed by atoms with Crippen LogP contribution in [0.5, 0.6) is 0 Å². The lowest BCUT2D eigenvalue weighted by atomic mass is 9.91. The van der Waals surface area contributed by atoms with Crippen LogP contribution in [0.2, 0.25) is 0 Å². The third-order valence-electron chi connectivity index (χ3n) is 3.36. The highest BCUT2D eigenvalue weighted by Crippen LogP contribution is 2.20. The van der Waals surface area contributed by atoms with Crippen LogP contribution in [0.15, 0.2) is 0 Å². The van der Waals surface area contributed by atoms with Crippen LogP contribution < -0.4 is 5.32 Å². The van der Waals surface area contributed by atoms with E-state index in [-0.39, 0.29) is 12.1 Å². The lowest BCUT2D eigenvalue weighted by Gasteiger charge is -2.34. The van der Waals surface area contributed by atoms with Crippen LogP contribution in [0.4, 0.5) is 0 Å². The van der Waals surface area contributed by atoms with Gasteiger partial charge in [-0.15, -0.1) is 0 Å². The van der Waals surface area contributed by atoms with Gasteiger partial charge in [0.15, 0.2) is 0 Å². The van der Waals surface area contributed by atoms with Crippen molar-refractivity contribution in [3.8, 4) is 0 Å². The zero-order valence-electron chi connectivity index (χ0n) is 13.0. The fourth-order valence-corrected chi connectivity index (χ4v) is 3.32. The minimum absolute atomic E-state index is 0.0627. The Morgan fingerprint density at radius 3 is 2.28 bits per heavy atom. The van der Waals surface area contributed by atoms with Crippen LogP contribution in [0, 0.1) is 5.92 Å². The molecule has 0 amide bonds. The Labute approximate surface area is 118 Å². The van der Waals surface area contributed by atoms with Gasteiger partial charge in [-0.05, 0) is 43.1 Å². The Kier molecular flexibility index (Phi) is 10.3. The molecule has 1 atom stereocenters. The molecule has 18 heavy (non-hydrogen) atoms. The van der Waals surface area contributed by atoms with Gasteiger partial charge in [-0.1, -0.05) is 34.6 Å². The van der Waals surface area contributed by atoms with E-state index in [0.717, 1.165) is 18.8 Å². The molecular weight excluding hydrogens is 242 g/mol. The predicted octanol–water partition coefficient (Wildman–Crippen LogP) is 3.69. The predicted molar refractivity (Wildman–Crippen MR) is 84.4 cm³/mol. The molecule has 0 saturated carbocycles. The van der Waals surface area contributed by atoms with Crippen LogP contribution in [-0.4, -0.2) is 34.8 Å². The highest BCUT2D eigenvalue weighted by atomic mass is 32.2. The molecular formula is C15H33NOS. The van der Waals surface area contributed by atoms with Crippen LogP contribution in [0.25, 0.3) is 0 Å². The molecule has 0 aromatic carbocycles. The van der Waals surface area contributed by atoms with Crippen molar-refractivity contribution < 1.29 is 5.11 Å². The van der Waals surface area contributed by atoms with Crippen molar-refractivity contribution in [2.24, 2.45) is 5.92 Å².